The van der Waals surface area contributed by atoms with Crippen LogP contribution in [0.4, 0.5) is 0 Å². The highest BCUT2D eigenvalue weighted by molar-refractivity contribution is 4.48. The van der Waals surface area contributed by atoms with Crippen molar-refractivity contribution in [3.8, 4) is 0 Å². The van der Waals surface area contributed by atoms with Gasteiger partial charge in [-0.05, 0) is 19.3 Å². The fourth-order valence-electron chi connectivity index (χ4n) is 0.831. The molecule has 0 rings (SSSR count). The van der Waals surface area contributed by atoms with Gasteiger partial charge in [0.15, 0.2) is 0 Å². The van der Waals surface area contributed by atoms with Crippen molar-refractivity contribution < 1.29 is 9.47 Å². The minimum atomic E-state index is -0.253. The zero-order valence-electron chi connectivity index (χ0n) is 8.50. The van der Waals surface area contributed by atoms with Crippen molar-refractivity contribution in [3.05, 3.63) is 0 Å². The fraction of sp³-hybridized carbons (Fsp3) is 1.00. The van der Waals surface area contributed by atoms with Crippen molar-refractivity contribution in [2.45, 2.75) is 32.4 Å². The van der Waals surface area contributed by atoms with Crippen LogP contribution < -0.4 is 11.5 Å². The van der Waals surface area contributed by atoms with E-state index in [1.54, 1.807) is 0 Å². The Hall–Kier alpha value is -0.160. The maximum absolute atomic E-state index is 5.35. The second kappa shape index (κ2) is 9.92. The van der Waals surface area contributed by atoms with E-state index in [2.05, 4.69) is 6.92 Å². The zero-order valence-corrected chi connectivity index (χ0v) is 8.50. The summed E-state index contributed by atoms with van der Waals surface area (Å²) < 4.78 is 10.6. The third-order valence-electron chi connectivity index (χ3n) is 1.52. The zero-order chi connectivity index (χ0) is 9.94. The fourth-order valence-corrected chi connectivity index (χ4v) is 0.831. The molecule has 4 heteroatoms. The minimum absolute atomic E-state index is 0.253. The Labute approximate surface area is 80.6 Å². The van der Waals surface area contributed by atoms with Gasteiger partial charge in [0.2, 0.25) is 0 Å². The number of nitrogens with two attached hydrogens (primary N) is 2. The Kier molecular flexibility index (Phi) is 9.80. The Morgan fingerprint density at radius 3 is 2.15 bits per heavy atom. The molecule has 0 aromatic heterocycles. The highest BCUT2D eigenvalue weighted by Gasteiger charge is 1.94. The minimum Gasteiger partial charge on any atom is -0.381 e. The molecule has 0 aromatic rings. The molecule has 0 fully saturated rings. The van der Waals surface area contributed by atoms with Gasteiger partial charge in [-0.1, -0.05) is 6.92 Å². The predicted molar refractivity (Wildman–Crippen MR) is 53.3 cm³/mol. The summed E-state index contributed by atoms with van der Waals surface area (Å²) in [6, 6.07) is 0. The standard InChI is InChI=1S/C9H22N2O2/c1-2-5-12-6-3-7-13-8-4-9(10)11/h9H,2-8,10-11H2,1H3. The molecule has 0 bridgehead atoms. The van der Waals surface area contributed by atoms with Gasteiger partial charge < -0.3 is 20.9 Å². The van der Waals surface area contributed by atoms with Gasteiger partial charge in [0.25, 0.3) is 0 Å². The van der Waals surface area contributed by atoms with Crippen molar-refractivity contribution >= 4 is 0 Å². The molecular formula is C9H22N2O2. The summed E-state index contributed by atoms with van der Waals surface area (Å²) in [7, 11) is 0. The van der Waals surface area contributed by atoms with Crippen molar-refractivity contribution in [2.75, 3.05) is 26.4 Å². The number of hydrogen-bond donors (Lipinski definition) is 2. The van der Waals surface area contributed by atoms with E-state index in [4.69, 9.17) is 20.9 Å². The average molecular weight is 190 g/mol. The van der Waals surface area contributed by atoms with E-state index in [0.29, 0.717) is 6.61 Å². The molecule has 4 N–H and O–H groups in total. The maximum Gasteiger partial charge on any atom is 0.0543 e. The van der Waals surface area contributed by atoms with Crippen molar-refractivity contribution in [3.63, 3.8) is 0 Å². The number of rotatable bonds is 9. The summed E-state index contributed by atoms with van der Waals surface area (Å²) >= 11 is 0. The van der Waals surface area contributed by atoms with Gasteiger partial charge >= 0.3 is 0 Å². The Morgan fingerprint density at radius 1 is 1.00 bits per heavy atom. The van der Waals surface area contributed by atoms with Gasteiger partial charge in [-0.3, -0.25) is 0 Å². The second-order valence-electron chi connectivity index (χ2n) is 3.03. The summed E-state index contributed by atoms with van der Waals surface area (Å²) in [5.74, 6) is 0. The molecule has 80 valence electrons. The van der Waals surface area contributed by atoms with Gasteiger partial charge in [-0.25, -0.2) is 0 Å². The molecule has 0 aliphatic rings. The number of hydrogen-bond acceptors (Lipinski definition) is 4. The topological polar surface area (TPSA) is 70.5 Å². The van der Waals surface area contributed by atoms with Gasteiger partial charge in [-0.15, -0.1) is 0 Å². The van der Waals surface area contributed by atoms with E-state index in [0.717, 1.165) is 39.1 Å². The molecule has 0 saturated carbocycles. The van der Waals surface area contributed by atoms with Gasteiger partial charge in [-0.2, -0.15) is 0 Å². The first-order valence-electron chi connectivity index (χ1n) is 4.94. The molecule has 0 saturated heterocycles. The van der Waals surface area contributed by atoms with E-state index < -0.39 is 0 Å². The van der Waals surface area contributed by atoms with Crippen LogP contribution >= 0.6 is 0 Å². The summed E-state index contributed by atoms with van der Waals surface area (Å²) in [5.41, 5.74) is 10.7. The first kappa shape index (κ1) is 12.8. The lowest BCUT2D eigenvalue weighted by molar-refractivity contribution is 0.0804. The van der Waals surface area contributed by atoms with Crippen molar-refractivity contribution in [1.82, 2.24) is 0 Å². The highest BCUT2D eigenvalue weighted by Crippen LogP contribution is 1.89. The predicted octanol–water partition coefficient (Wildman–Crippen LogP) is 0.453. The Morgan fingerprint density at radius 2 is 1.62 bits per heavy atom. The largest absolute Gasteiger partial charge is 0.381 e. The van der Waals surface area contributed by atoms with Crippen LogP contribution in [0.2, 0.25) is 0 Å². The van der Waals surface area contributed by atoms with Gasteiger partial charge in [0.05, 0.1) is 6.17 Å². The molecule has 13 heavy (non-hydrogen) atoms. The average Bonchev–Trinajstić information content (AvgIpc) is 2.09. The maximum atomic E-state index is 5.35. The molecule has 0 aliphatic carbocycles. The van der Waals surface area contributed by atoms with Crippen LogP contribution in [0.1, 0.15) is 26.2 Å². The molecule has 0 unspecified atom stereocenters. The van der Waals surface area contributed by atoms with Gasteiger partial charge in [0, 0.05) is 26.4 Å². The van der Waals surface area contributed by atoms with Crippen LogP contribution in [-0.2, 0) is 9.47 Å². The smallest absolute Gasteiger partial charge is 0.0543 e. The van der Waals surface area contributed by atoms with E-state index in [9.17, 15) is 0 Å². The third kappa shape index (κ3) is 11.8. The Bertz CT molecular complexity index is 99.6. The molecule has 0 amide bonds. The van der Waals surface area contributed by atoms with Crippen molar-refractivity contribution in [1.29, 1.82) is 0 Å². The first-order chi connectivity index (χ1) is 6.27. The normalized spacial score (nSPS) is 11.1. The van der Waals surface area contributed by atoms with Crippen LogP contribution in [-0.4, -0.2) is 32.6 Å². The van der Waals surface area contributed by atoms with Crippen LogP contribution in [0.5, 0.6) is 0 Å². The molecule has 4 nitrogen and oxygen atoms in total. The molecule has 0 spiro atoms. The van der Waals surface area contributed by atoms with Crippen molar-refractivity contribution in [2.24, 2.45) is 11.5 Å². The number of ether oxygens (including phenoxy) is 2. The van der Waals surface area contributed by atoms with Gasteiger partial charge in [0.1, 0.15) is 0 Å². The van der Waals surface area contributed by atoms with E-state index >= 15 is 0 Å². The lowest BCUT2D eigenvalue weighted by Crippen LogP contribution is -2.31. The third-order valence-corrected chi connectivity index (χ3v) is 1.52. The quantitative estimate of drug-likeness (QED) is 0.409. The summed E-state index contributed by atoms with van der Waals surface area (Å²) in [5, 5.41) is 0. The van der Waals surface area contributed by atoms with Crippen LogP contribution in [0.25, 0.3) is 0 Å². The van der Waals surface area contributed by atoms with E-state index in [1.807, 2.05) is 0 Å². The monoisotopic (exact) mass is 190 g/mol. The lowest BCUT2D eigenvalue weighted by atomic mass is 10.4. The van der Waals surface area contributed by atoms with Crippen LogP contribution in [0.15, 0.2) is 0 Å². The van der Waals surface area contributed by atoms with E-state index in [-0.39, 0.29) is 6.17 Å². The lowest BCUT2D eigenvalue weighted by Gasteiger charge is -2.06. The molecule has 0 radical (unpaired) electrons. The molecule has 0 aromatic carbocycles. The SMILES string of the molecule is CCCOCCCOCCC(N)N. The van der Waals surface area contributed by atoms with Crippen LogP contribution in [0, 0.1) is 0 Å². The van der Waals surface area contributed by atoms with Crippen LogP contribution in [0.3, 0.4) is 0 Å². The molecule has 0 heterocycles. The summed E-state index contributed by atoms with van der Waals surface area (Å²) in [4.78, 5) is 0. The highest BCUT2D eigenvalue weighted by atomic mass is 16.5. The Balaban J connectivity index is 2.84. The second-order valence-corrected chi connectivity index (χ2v) is 3.03. The molecule has 0 atom stereocenters. The first-order valence-corrected chi connectivity index (χ1v) is 4.94. The summed E-state index contributed by atoms with van der Waals surface area (Å²) in [6.45, 7) is 5.09. The van der Waals surface area contributed by atoms with E-state index in [1.165, 1.54) is 0 Å². The summed E-state index contributed by atoms with van der Waals surface area (Å²) in [6.07, 6.45) is 2.48. The molecule has 0 aliphatic heterocycles. The molecular weight excluding hydrogens is 168 g/mol.